The maximum atomic E-state index is 14.3. The molecule has 3 aliphatic rings. The van der Waals surface area contributed by atoms with Crippen LogP contribution in [0.2, 0.25) is 0 Å². The summed E-state index contributed by atoms with van der Waals surface area (Å²) in [5, 5.41) is 16.4. The van der Waals surface area contributed by atoms with Gasteiger partial charge in [0.15, 0.2) is 0 Å². The number of benzene rings is 2. The fraction of sp³-hybridized carbons (Fsp3) is 0.500. The van der Waals surface area contributed by atoms with Gasteiger partial charge >= 0.3 is 0 Å². The summed E-state index contributed by atoms with van der Waals surface area (Å²) in [5.74, 6) is -2.00. The highest BCUT2D eigenvalue weighted by Crippen LogP contribution is 2.60. The number of nitrogens with one attached hydrogen (secondary N) is 2. The number of aliphatic hydroxyl groups is 1. The summed E-state index contributed by atoms with van der Waals surface area (Å²) in [6, 6.07) is 14.8. The van der Waals surface area contributed by atoms with E-state index in [1.807, 2.05) is 51.1 Å². The monoisotopic (exact) mass is 613 g/mol. The van der Waals surface area contributed by atoms with E-state index in [4.69, 9.17) is 9.47 Å². The summed E-state index contributed by atoms with van der Waals surface area (Å²) in [7, 11) is 0. The van der Waals surface area contributed by atoms with Crippen molar-refractivity contribution in [2.45, 2.75) is 68.3 Å². The molecule has 2 aromatic carbocycles. The van der Waals surface area contributed by atoms with E-state index in [1.54, 1.807) is 24.3 Å². The quantitative estimate of drug-likeness (QED) is 0.355. The Morgan fingerprint density at radius 2 is 1.85 bits per heavy atom. The molecular formula is C30H36BrN3O6. The minimum atomic E-state index is -1.19. The number of fused-ring (bicyclic) bond motifs is 1. The second-order valence-electron chi connectivity index (χ2n) is 11.0. The number of nitrogens with zero attached hydrogens (tertiary/aromatic N) is 1. The third-order valence-corrected chi connectivity index (χ3v) is 8.91. The Hall–Kier alpha value is -2.95. The average Bonchev–Trinajstić information content (AvgIpc) is 3.52. The maximum Gasteiger partial charge on any atom is 0.246 e. The molecule has 40 heavy (non-hydrogen) atoms. The standard InChI is InChI=1S/C30H36BrN3O6/c1-4-39-21-12-10-19(11-13-21)33-27(36)23-24-29(38)34(20(16-35)14-18-8-6-5-7-9-18)26(28(37)32-17(2)3)30(24)15-22(31)25(23)40-30/h5-13,17,20,22-26,35H,4,14-16H2,1-3H3,(H,32,37)(H,33,36)/t20-,22?,23+,24+,25+,26?,30?/m1/s1. The van der Waals surface area contributed by atoms with E-state index in [2.05, 4.69) is 26.6 Å². The van der Waals surface area contributed by atoms with Crippen LogP contribution in [0.1, 0.15) is 32.8 Å². The molecule has 3 amide bonds. The molecule has 3 aliphatic heterocycles. The van der Waals surface area contributed by atoms with Crippen molar-refractivity contribution in [3.63, 3.8) is 0 Å². The Balaban J connectivity index is 1.49. The molecule has 0 aromatic heterocycles. The van der Waals surface area contributed by atoms with Crippen LogP contribution in [-0.2, 0) is 25.5 Å². The first-order valence-corrected chi connectivity index (χ1v) is 14.7. The highest BCUT2D eigenvalue weighted by molar-refractivity contribution is 9.09. The normalized spacial score (nSPS) is 29.4. The van der Waals surface area contributed by atoms with Crippen LogP contribution in [0.4, 0.5) is 5.69 Å². The number of halogens is 1. The fourth-order valence-corrected chi connectivity index (χ4v) is 7.53. The zero-order valence-corrected chi connectivity index (χ0v) is 24.5. The number of amides is 3. The largest absolute Gasteiger partial charge is 0.494 e. The number of hydrogen-bond acceptors (Lipinski definition) is 6. The lowest BCUT2D eigenvalue weighted by Crippen LogP contribution is -2.59. The molecule has 2 bridgehead atoms. The predicted molar refractivity (Wildman–Crippen MR) is 153 cm³/mol. The first-order valence-electron chi connectivity index (χ1n) is 13.8. The van der Waals surface area contributed by atoms with Gasteiger partial charge in [0.2, 0.25) is 17.7 Å². The molecule has 214 valence electrons. The number of anilines is 1. The van der Waals surface area contributed by atoms with Crippen LogP contribution in [0.15, 0.2) is 54.6 Å². The highest BCUT2D eigenvalue weighted by atomic mass is 79.9. The van der Waals surface area contributed by atoms with Crippen molar-refractivity contribution in [3.8, 4) is 5.75 Å². The van der Waals surface area contributed by atoms with Crippen molar-refractivity contribution in [2.75, 3.05) is 18.5 Å². The summed E-state index contributed by atoms with van der Waals surface area (Å²) in [5.41, 5.74) is 0.310. The molecule has 3 N–H and O–H groups in total. The Kier molecular flexibility index (Phi) is 8.22. The number of alkyl halides is 1. The highest BCUT2D eigenvalue weighted by Gasteiger charge is 2.77. The molecule has 0 aliphatic carbocycles. The zero-order chi connectivity index (χ0) is 28.6. The van der Waals surface area contributed by atoms with Crippen LogP contribution in [0, 0.1) is 11.8 Å². The molecule has 3 saturated heterocycles. The molecular weight excluding hydrogens is 578 g/mol. The minimum absolute atomic E-state index is 0.168. The summed E-state index contributed by atoms with van der Waals surface area (Å²) in [4.78, 5) is 43.1. The topological polar surface area (TPSA) is 117 Å². The van der Waals surface area contributed by atoms with Crippen molar-refractivity contribution >= 4 is 39.3 Å². The summed E-state index contributed by atoms with van der Waals surface area (Å²) in [6.07, 6.45) is 0.188. The molecule has 5 rings (SSSR count). The SMILES string of the molecule is CCOc1ccc(NC(=O)[C@H]2[C@H]3C(=O)N([C@@H](CO)Cc4ccccc4)C(C(=O)NC(C)C)C34CC(Br)[C@@H]2O4)cc1. The van der Waals surface area contributed by atoms with Crippen molar-refractivity contribution in [1.82, 2.24) is 10.2 Å². The van der Waals surface area contributed by atoms with Gasteiger partial charge in [0, 0.05) is 16.6 Å². The van der Waals surface area contributed by atoms with Gasteiger partial charge in [0.05, 0.1) is 37.2 Å². The number of carbonyl (C=O) groups excluding carboxylic acids is 3. The molecule has 7 atom stereocenters. The van der Waals surface area contributed by atoms with Gasteiger partial charge in [-0.3, -0.25) is 14.4 Å². The van der Waals surface area contributed by atoms with Gasteiger partial charge < -0.3 is 30.1 Å². The third-order valence-electron chi connectivity index (χ3n) is 8.06. The first-order chi connectivity index (χ1) is 19.2. The predicted octanol–water partition coefficient (Wildman–Crippen LogP) is 2.90. The molecule has 3 fully saturated rings. The van der Waals surface area contributed by atoms with Gasteiger partial charge in [-0.25, -0.2) is 0 Å². The van der Waals surface area contributed by atoms with Crippen molar-refractivity contribution < 1.29 is 29.0 Å². The zero-order valence-electron chi connectivity index (χ0n) is 22.9. The molecule has 3 unspecified atom stereocenters. The van der Waals surface area contributed by atoms with Crippen LogP contribution in [0.3, 0.4) is 0 Å². The van der Waals surface area contributed by atoms with Crippen molar-refractivity contribution in [3.05, 3.63) is 60.2 Å². The first kappa shape index (κ1) is 28.6. The van der Waals surface area contributed by atoms with Gasteiger partial charge in [0.25, 0.3) is 0 Å². The van der Waals surface area contributed by atoms with Crippen LogP contribution >= 0.6 is 15.9 Å². The lowest BCUT2D eigenvalue weighted by Gasteiger charge is -2.37. The van der Waals surface area contributed by atoms with Gasteiger partial charge in [-0.2, -0.15) is 0 Å². The van der Waals surface area contributed by atoms with Crippen molar-refractivity contribution in [1.29, 1.82) is 0 Å². The fourth-order valence-electron chi connectivity index (χ4n) is 6.59. The molecule has 0 radical (unpaired) electrons. The lowest BCUT2D eigenvalue weighted by atomic mass is 9.70. The number of ether oxygens (including phenoxy) is 2. The Bertz CT molecular complexity index is 1240. The number of rotatable bonds is 10. The smallest absolute Gasteiger partial charge is 0.246 e. The van der Waals surface area contributed by atoms with E-state index in [9.17, 15) is 19.5 Å². The van der Waals surface area contributed by atoms with Crippen LogP contribution in [-0.4, -0.2) is 75.6 Å². The van der Waals surface area contributed by atoms with E-state index < -0.39 is 35.6 Å². The Morgan fingerprint density at radius 1 is 1.15 bits per heavy atom. The molecule has 9 nitrogen and oxygen atoms in total. The van der Waals surface area contributed by atoms with E-state index >= 15 is 0 Å². The Labute approximate surface area is 242 Å². The van der Waals surface area contributed by atoms with Crippen LogP contribution in [0.5, 0.6) is 5.75 Å². The van der Waals surface area contributed by atoms with Crippen LogP contribution in [0.25, 0.3) is 0 Å². The molecule has 2 aromatic rings. The summed E-state index contributed by atoms with van der Waals surface area (Å²) >= 11 is 3.69. The third kappa shape index (κ3) is 5.01. The van der Waals surface area contributed by atoms with E-state index in [0.717, 1.165) is 5.56 Å². The molecule has 10 heteroatoms. The number of likely N-dealkylation sites (tertiary alicyclic amines) is 1. The number of hydrogen-bond donors (Lipinski definition) is 3. The van der Waals surface area contributed by atoms with Gasteiger partial charge in [-0.15, -0.1) is 0 Å². The lowest BCUT2D eigenvalue weighted by molar-refractivity contribution is -0.145. The van der Waals surface area contributed by atoms with Crippen molar-refractivity contribution in [2.24, 2.45) is 11.8 Å². The molecule has 0 saturated carbocycles. The van der Waals surface area contributed by atoms with Gasteiger partial charge in [-0.05, 0) is 63.4 Å². The minimum Gasteiger partial charge on any atom is -0.494 e. The van der Waals surface area contributed by atoms with Gasteiger partial charge in [0.1, 0.15) is 17.4 Å². The second-order valence-corrected chi connectivity index (χ2v) is 12.2. The van der Waals surface area contributed by atoms with Crippen LogP contribution < -0.4 is 15.4 Å². The van der Waals surface area contributed by atoms with E-state index in [1.165, 1.54) is 4.90 Å². The number of aliphatic hydroxyl groups excluding tert-OH is 1. The average molecular weight is 615 g/mol. The molecule has 1 spiro atoms. The summed E-state index contributed by atoms with van der Waals surface area (Å²) < 4.78 is 12.0. The number of carbonyl (C=O) groups is 3. The maximum absolute atomic E-state index is 14.3. The molecule has 3 heterocycles. The Morgan fingerprint density at radius 3 is 2.48 bits per heavy atom. The van der Waals surface area contributed by atoms with E-state index in [0.29, 0.717) is 30.9 Å². The van der Waals surface area contributed by atoms with E-state index in [-0.39, 0.29) is 35.2 Å². The summed E-state index contributed by atoms with van der Waals surface area (Å²) in [6.45, 7) is 5.81. The second kappa shape index (κ2) is 11.5. The van der Waals surface area contributed by atoms with Gasteiger partial charge in [-0.1, -0.05) is 46.3 Å².